The van der Waals surface area contributed by atoms with Crippen LogP contribution in [0.2, 0.25) is 0 Å². The first kappa shape index (κ1) is 24.9. The minimum atomic E-state index is -0.904. The molecule has 4 rings (SSSR count). The van der Waals surface area contributed by atoms with E-state index in [9.17, 15) is 5.11 Å². The van der Waals surface area contributed by atoms with Gasteiger partial charge in [-0.05, 0) is 68.9 Å². The zero-order valence-electron chi connectivity index (χ0n) is 22.4. The Morgan fingerprint density at radius 2 is 1.88 bits per heavy atom. The van der Waals surface area contributed by atoms with Crippen LogP contribution in [0, 0.1) is 30.1 Å². The molecule has 1 heterocycles. The lowest BCUT2D eigenvalue weighted by Gasteiger charge is -2.64. The SMILES string of the molecule is CCOc1ccc(C)c2c1O[C@H]1[C@](CC)(OC)[C@@H](C(C)(O)C(C)(C)C)CC3[C@@H](C)CCC[C@@]231. The Kier molecular flexibility index (Phi) is 6.14. The molecule has 1 N–H and O–H groups in total. The molecule has 2 aliphatic carbocycles. The number of methoxy groups -OCH3 is 1. The Morgan fingerprint density at radius 1 is 1.18 bits per heavy atom. The first-order valence-corrected chi connectivity index (χ1v) is 13.1. The van der Waals surface area contributed by atoms with Gasteiger partial charge in [0.15, 0.2) is 11.5 Å². The minimum Gasteiger partial charge on any atom is -0.490 e. The van der Waals surface area contributed by atoms with Crippen molar-refractivity contribution < 1.29 is 19.3 Å². The van der Waals surface area contributed by atoms with E-state index in [1.54, 1.807) is 0 Å². The minimum absolute atomic E-state index is 0.0335. The van der Waals surface area contributed by atoms with E-state index in [0.29, 0.717) is 18.4 Å². The van der Waals surface area contributed by atoms with Gasteiger partial charge in [-0.3, -0.25) is 0 Å². The van der Waals surface area contributed by atoms with Crippen molar-refractivity contribution in [2.24, 2.45) is 23.2 Å². The lowest BCUT2D eigenvalue weighted by Crippen LogP contribution is -2.72. The Labute approximate surface area is 201 Å². The van der Waals surface area contributed by atoms with E-state index in [2.05, 4.69) is 53.7 Å². The van der Waals surface area contributed by atoms with Crippen molar-refractivity contribution in [2.75, 3.05) is 13.7 Å². The number of aliphatic hydroxyl groups is 1. The molecule has 2 unspecified atom stereocenters. The summed E-state index contributed by atoms with van der Waals surface area (Å²) in [5, 5.41) is 12.1. The maximum atomic E-state index is 12.1. The van der Waals surface area contributed by atoms with Gasteiger partial charge in [0, 0.05) is 24.0 Å². The second-order valence-corrected chi connectivity index (χ2v) is 12.2. The maximum Gasteiger partial charge on any atom is 0.165 e. The van der Waals surface area contributed by atoms with Gasteiger partial charge in [-0.1, -0.05) is 53.5 Å². The fourth-order valence-electron chi connectivity index (χ4n) is 7.90. The molecule has 1 aliphatic heterocycles. The van der Waals surface area contributed by atoms with Gasteiger partial charge in [0.2, 0.25) is 0 Å². The zero-order valence-corrected chi connectivity index (χ0v) is 22.4. The van der Waals surface area contributed by atoms with E-state index in [1.165, 1.54) is 24.0 Å². The number of benzene rings is 1. The molecule has 186 valence electrons. The van der Waals surface area contributed by atoms with Crippen molar-refractivity contribution in [3.63, 3.8) is 0 Å². The molecular weight excluding hydrogens is 412 g/mol. The lowest BCUT2D eigenvalue weighted by atomic mass is 9.44. The summed E-state index contributed by atoms with van der Waals surface area (Å²) < 4.78 is 19.7. The number of aryl methyl sites for hydroxylation is 1. The van der Waals surface area contributed by atoms with Gasteiger partial charge in [-0.15, -0.1) is 0 Å². The van der Waals surface area contributed by atoms with Crippen LogP contribution < -0.4 is 9.47 Å². The van der Waals surface area contributed by atoms with Crippen molar-refractivity contribution in [3.8, 4) is 11.5 Å². The van der Waals surface area contributed by atoms with Gasteiger partial charge >= 0.3 is 0 Å². The summed E-state index contributed by atoms with van der Waals surface area (Å²) in [5.41, 5.74) is 0.751. The molecule has 2 fully saturated rings. The van der Waals surface area contributed by atoms with Gasteiger partial charge < -0.3 is 19.3 Å². The predicted molar refractivity (Wildman–Crippen MR) is 133 cm³/mol. The molecule has 0 saturated heterocycles. The van der Waals surface area contributed by atoms with Crippen molar-refractivity contribution in [3.05, 3.63) is 23.3 Å². The summed E-state index contributed by atoms with van der Waals surface area (Å²) >= 11 is 0. The normalized spacial score (nSPS) is 37.4. The molecule has 33 heavy (non-hydrogen) atoms. The van der Waals surface area contributed by atoms with Crippen molar-refractivity contribution >= 4 is 0 Å². The molecule has 1 aromatic carbocycles. The van der Waals surface area contributed by atoms with Gasteiger partial charge in [-0.2, -0.15) is 0 Å². The van der Waals surface area contributed by atoms with Crippen molar-refractivity contribution in [1.82, 2.24) is 0 Å². The number of ether oxygens (including phenoxy) is 3. The van der Waals surface area contributed by atoms with Crippen LogP contribution in [0.3, 0.4) is 0 Å². The molecule has 1 spiro atoms. The van der Waals surface area contributed by atoms with Gasteiger partial charge in [0.05, 0.1) is 12.2 Å². The maximum absolute atomic E-state index is 12.1. The Hall–Kier alpha value is -1.26. The first-order valence-electron chi connectivity index (χ1n) is 13.1. The number of hydrogen-bond acceptors (Lipinski definition) is 4. The van der Waals surface area contributed by atoms with Crippen LogP contribution in [-0.4, -0.2) is 36.1 Å². The third kappa shape index (κ3) is 3.22. The molecule has 2 saturated carbocycles. The highest BCUT2D eigenvalue weighted by molar-refractivity contribution is 5.59. The van der Waals surface area contributed by atoms with E-state index in [0.717, 1.165) is 30.8 Å². The quantitative estimate of drug-likeness (QED) is 0.551. The highest BCUT2D eigenvalue weighted by Gasteiger charge is 2.72. The smallest absolute Gasteiger partial charge is 0.165 e. The third-order valence-corrected chi connectivity index (χ3v) is 10.1. The van der Waals surface area contributed by atoms with Gasteiger partial charge in [0.1, 0.15) is 11.7 Å². The first-order chi connectivity index (χ1) is 15.4. The summed E-state index contributed by atoms with van der Waals surface area (Å²) in [6.07, 6.45) is 5.13. The number of rotatable bonds is 5. The molecule has 4 heteroatoms. The molecule has 1 aromatic rings. The van der Waals surface area contributed by atoms with Crippen LogP contribution in [0.1, 0.15) is 91.7 Å². The standard InChI is InChI=1S/C29H46O4/c1-10-29(31-9)22(27(8,30)26(5,6)7)17-20-18(3)13-12-16-28(20)23-19(4)14-15-21(32-11-2)24(23)33-25(28)29/h14-15,18,20,22,25,30H,10-13,16-17H2,1-9H3/t18-,20?,22+,25+,27?,28-,29+/m0/s1. The van der Waals surface area contributed by atoms with Crippen LogP contribution in [0.25, 0.3) is 0 Å². The topological polar surface area (TPSA) is 47.9 Å². The van der Waals surface area contributed by atoms with E-state index in [-0.39, 0.29) is 22.9 Å². The van der Waals surface area contributed by atoms with Crippen LogP contribution >= 0.6 is 0 Å². The average Bonchev–Trinajstić information content (AvgIpc) is 3.10. The Balaban J connectivity index is 2.00. The molecule has 3 aliphatic rings. The largest absolute Gasteiger partial charge is 0.490 e. The highest BCUT2D eigenvalue weighted by atomic mass is 16.6. The predicted octanol–water partition coefficient (Wildman–Crippen LogP) is 6.44. The van der Waals surface area contributed by atoms with E-state index >= 15 is 0 Å². The third-order valence-electron chi connectivity index (χ3n) is 10.1. The van der Waals surface area contributed by atoms with Crippen LogP contribution in [0.15, 0.2) is 12.1 Å². The molecule has 7 atom stereocenters. The van der Waals surface area contributed by atoms with Crippen LogP contribution in [0.4, 0.5) is 0 Å². The zero-order chi connectivity index (χ0) is 24.4. The van der Waals surface area contributed by atoms with Crippen molar-refractivity contribution in [1.29, 1.82) is 0 Å². The van der Waals surface area contributed by atoms with Crippen molar-refractivity contribution in [2.45, 2.75) is 110 Å². The second-order valence-electron chi connectivity index (χ2n) is 12.2. The molecular formula is C29H46O4. The fraction of sp³-hybridized carbons (Fsp3) is 0.793. The van der Waals surface area contributed by atoms with Gasteiger partial charge in [-0.25, -0.2) is 0 Å². The molecule has 0 aromatic heterocycles. The van der Waals surface area contributed by atoms with E-state index in [4.69, 9.17) is 14.2 Å². The monoisotopic (exact) mass is 458 g/mol. The molecule has 4 nitrogen and oxygen atoms in total. The van der Waals surface area contributed by atoms with Crippen LogP contribution in [0.5, 0.6) is 11.5 Å². The fourth-order valence-corrected chi connectivity index (χ4v) is 7.90. The average molecular weight is 459 g/mol. The molecule has 0 radical (unpaired) electrons. The molecule has 0 amide bonds. The van der Waals surface area contributed by atoms with Gasteiger partial charge in [0.25, 0.3) is 0 Å². The Morgan fingerprint density at radius 3 is 2.45 bits per heavy atom. The summed E-state index contributed by atoms with van der Waals surface area (Å²) in [4.78, 5) is 0. The summed E-state index contributed by atoms with van der Waals surface area (Å²) in [6, 6.07) is 4.27. The number of fused-ring (bicyclic) bond motifs is 1. The summed E-state index contributed by atoms with van der Waals surface area (Å²) in [6.45, 7) is 18.0. The highest BCUT2D eigenvalue weighted by Crippen LogP contribution is 2.68. The van der Waals surface area contributed by atoms with E-state index in [1.807, 2.05) is 21.0 Å². The Bertz CT molecular complexity index is 878. The summed E-state index contributed by atoms with van der Waals surface area (Å²) in [5.74, 6) is 2.73. The molecule has 0 bridgehead atoms. The van der Waals surface area contributed by atoms with E-state index < -0.39 is 11.2 Å². The second kappa shape index (κ2) is 8.16. The summed E-state index contributed by atoms with van der Waals surface area (Å²) in [7, 11) is 1.83. The van der Waals surface area contributed by atoms with Crippen LogP contribution in [-0.2, 0) is 10.2 Å². The number of hydrogen-bond donors (Lipinski definition) is 1. The lowest BCUT2D eigenvalue weighted by molar-refractivity contribution is -0.253.